The van der Waals surface area contributed by atoms with Crippen molar-refractivity contribution in [2.45, 2.75) is 44.6 Å². The molecule has 4 nitrogen and oxygen atoms in total. The van der Waals surface area contributed by atoms with Gasteiger partial charge in [0.2, 0.25) is 0 Å². The monoisotopic (exact) mass is 347 g/mol. The van der Waals surface area contributed by atoms with Gasteiger partial charge in [-0.2, -0.15) is 0 Å². The van der Waals surface area contributed by atoms with Crippen LogP contribution in [0.4, 0.5) is 0 Å². The van der Waals surface area contributed by atoms with Gasteiger partial charge < -0.3 is 10.1 Å². The Labute approximate surface area is 147 Å². The lowest BCUT2D eigenvalue weighted by Crippen LogP contribution is -2.34. The Morgan fingerprint density at radius 1 is 1.17 bits per heavy atom. The van der Waals surface area contributed by atoms with E-state index in [1.165, 1.54) is 17.3 Å². The number of thioether (sulfide) groups is 1. The van der Waals surface area contributed by atoms with Gasteiger partial charge in [-0.1, -0.05) is 42.8 Å². The fourth-order valence-corrected chi connectivity index (χ4v) is 4.25. The maximum absolute atomic E-state index is 11.5. The molecule has 1 N–H and O–H groups in total. The van der Waals surface area contributed by atoms with Gasteiger partial charge in [-0.05, 0) is 43.9 Å². The van der Waals surface area contributed by atoms with E-state index in [0.717, 1.165) is 57.4 Å². The SMILES string of the molecule is O=C1CSC(=O)C1CCCCCNCC1CCc2ccccc2O1. The highest BCUT2D eigenvalue weighted by atomic mass is 32.2. The fourth-order valence-electron chi connectivity index (χ4n) is 3.32. The highest BCUT2D eigenvalue weighted by molar-refractivity contribution is 8.15. The Bertz CT molecular complexity index is 574. The van der Waals surface area contributed by atoms with Crippen molar-refractivity contribution in [2.75, 3.05) is 18.8 Å². The van der Waals surface area contributed by atoms with Gasteiger partial charge in [0.15, 0.2) is 10.9 Å². The number of hydrogen-bond acceptors (Lipinski definition) is 5. The molecule has 2 aliphatic rings. The molecular weight excluding hydrogens is 322 g/mol. The number of ketones is 1. The first kappa shape index (κ1) is 17.5. The van der Waals surface area contributed by atoms with Crippen LogP contribution in [0.25, 0.3) is 0 Å². The Kier molecular flexibility index (Phi) is 6.32. The van der Waals surface area contributed by atoms with Gasteiger partial charge in [0, 0.05) is 6.54 Å². The molecule has 0 amide bonds. The zero-order valence-electron chi connectivity index (χ0n) is 14.0. The topological polar surface area (TPSA) is 55.4 Å². The van der Waals surface area contributed by atoms with E-state index in [1.54, 1.807) is 0 Å². The van der Waals surface area contributed by atoms with Crippen molar-refractivity contribution in [1.29, 1.82) is 0 Å². The van der Waals surface area contributed by atoms with Crippen LogP contribution in [0.2, 0.25) is 0 Å². The second-order valence-corrected chi connectivity index (χ2v) is 7.55. The molecular formula is C19H25NO3S. The molecule has 2 atom stereocenters. The second kappa shape index (κ2) is 8.67. The van der Waals surface area contributed by atoms with Crippen LogP contribution >= 0.6 is 11.8 Å². The molecule has 130 valence electrons. The van der Waals surface area contributed by atoms with Gasteiger partial charge >= 0.3 is 0 Å². The van der Waals surface area contributed by atoms with Gasteiger partial charge in [0.05, 0.1) is 11.7 Å². The van der Waals surface area contributed by atoms with E-state index in [2.05, 4.69) is 17.4 Å². The van der Waals surface area contributed by atoms with Crippen molar-refractivity contribution in [3.63, 3.8) is 0 Å². The number of carbonyl (C=O) groups excluding carboxylic acids is 2. The highest BCUT2D eigenvalue weighted by Crippen LogP contribution is 2.27. The van der Waals surface area contributed by atoms with E-state index in [0.29, 0.717) is 5.75 Å². The van der Waals surface area contributed by atoms with E-state index in [4.69, 9.17) is 4.74 Å². The number of benzene rings is 1. The molecule has 1 aromatic rings. The maximum Gasteiger partial charge on any atom is 0.199 e. The van der Waals surface area contributed by atoms with Crippen LogP contribution in [0.3, 0.4) is 0 Å². The minimum absolute atomic E-state index is 0.0767. The number of carbonyl (C=O) groups is 2. The maximum atomic E-state index is 11.5. The predicted molar refractivity (Wildman–Crippen MR) is 96.5 cm³/mol. The predicted octanol–water partition coefficient (Wildman–Crippen LogP) is 2.99. The third kappa shape index (κ3) is 4.61. The number of Topliss-reactive ketones (excluding diaryl/α,β-unsaturated/α-hetero) is 1. The summed E-state index contributed by atoms with van der Waals surface area (Å²) >= 11 is 1.18. The number of rotatable bonds is 8. The first-order valence-corrected chi connectivity index (χ1v) is 9.87. The van der Waals surface area contributed by atoms with E-state index in [-0.39, 0.29) is 22.9 Å². The number of aryl methyl sites for hydroxylation is 1. The molecule has 0 aromatic heterocycles. The van der Waals surface area contributed by atoms with Crippen LogP contribution in [0.5, 0.6) is 5.75 Å². The Balaban J connectivity index is 1.25. The minimum atomic E-state index is -0.321. The number of unbranched alkanes of at least 4 members (excludes halogenated alkanes) is 2. The molecule has 0 bridgehead atoms. The van der Waals surface area contributed by atoms with Crippen molar-refractivity contribution in [3.05, 3.63) is 29.8 Å². The van der Waals surface area contributed by atoms with Crippen molar-refractivity contribution in [1.82, 2.24) is 5.32 Å². The highest BCUT2D eigenvalue weighted by Gasteiger charge is 2.32. The molecule has 5 heteroatoms. The average Bonchev–Trinajstić information content (AvgIpc) is 2.92. The van der Waals surface area contributed by atoms with Gasteiger partial charge in [-0.15, -0.1) is 0 Å². The number of hydrogen-bond donors (Lipinski definition) is 1. The number of nitrogens with one attached hydrogen (secondary N) is 1. The molecule has 0 aliphatic carbocycles. The zero-order chi connectivity index (χ0) is 16.8. The summed E-state index contributed by atoms with van der Waals surface area (Å²) in [6.07, 6.45) is 6.22. The normalized spacial score (nSPS) is 23.2. The summed E-state index contributed by atoms with van der Waals surface area (Å²) in [4.78, 5) is 23.1. The standard InChI is InChI=1S/C19H25NO3S/c21-17-13-24-19(22)16(17)7-2-1-5-11-20-12-15-10-9-14-6-3-4-8-18(14)23-15/h3-4,6,8,15-16,20H,1-2,5,7,9-13H2. The second-order valence-electron chi connectivity index (χ2n) is 6.57. The molecule has 0 spiro atoms. The van der Waals surface area contributed by atoms with E-state index < -0.39 is 0 Å². The van der Waals surface area contributed by atoms with Crippen LogP contribution < -0.4 is 10.1 Å². The summed E-state index contributed by atoms with van der Waals surface area (Å²) in [5.74, 6) is 1.21. The molecule has 24 heavy (non-hydrogen) atoms. The smallest absolute Gasteiger partial charge is 0.199 e. The molecule has 2 aliphatic heterocycles. The third-order valence-electron chi connectivity index (χ3n) is 4.75. The summed E-state index contributed by atoms with van der Waals surface area (Å²) in [7, 11) is 0. The van der Waals surface area contributed by atoms with Crippen molar-refractivity contribution in [2.24, 2.45) is 5.92 Å². The molecule has 2 heterocycles. The number of fused-ring (bicyclic) bond motifs is 1. The van der Waals surface area contributed by atoms with E-state index in [1.807, 2.05) is 12.1 Å². The fraction of sp³-hybridized carbons (Fsp3) is 0.579. The van der Waals surface area contributed by atoms with Crippen LogP contribution in [0, 0.1) is 5.92 Å². The quantitative estimate of drug-likeness (QED) is 0.579. The van der Waals surface area contributed by atoms with E-state index in [9.17, 15) is 9.59 Å². The van der Waals surface area contributed by atoms with E-state index >= 15 is 0 Å². The molecule has 1 fully saturated rings. The lowest BCUT2D eigenvalue weighted by Gasteiger charge is -2.26. The first-order chi connectivity index (χ1) is 11.7. The zero-order valence-corrected chi connectivity index (χ0v) is 14.8. The van der Waals surface area contributed by atoms with Gasteiger partial charge in [-0.3, -0.25) is 9.59 Å². The van der Waals surface area contributed by atoms with Gasteiger partial charge in [0.1, 0.15) is 11.9 Å². The lowest BCUT2D eigenvalue weighted by molar-refractivity contribution is -0.125. The van der Waals surface area contributed by atoms with Crippen LogP contribution in [-0.4, -0.2) is 35.8 Å². The van der Waals surface area contributed by atoms with Gasteiger partial charge in [-0.25, -0.2) is 0 Å². The van der Waals surface area contributed by atoms with Crippen molar-refractivity contribution >= 4 is 22.7 Å². The Morgan fingerprint density at radius 2 is 2.04 bits per heavy atom. The molecule has 1 saturated heterocycles. The van der Waals surface area contributed by atoms with Crippen LogP contribution in [0.1, 0.15) is 37.7 Å². The number of ether oxygens (including phenoxy) is 1. The molecule has 3 rings (SSSR count). The van der Waals surface area contributed by atoms with Crippen LogP contribution in [-0.2, 0) is 16.0 Å². The molecule has 0 saturated carbocycles. The largest absolute Gasteiger partial charge is 0.489 e. The molecule has 2 unspecified atom stereocenters. The third-order valence-corrected chi connectivity index (χ3v) is 5.75. The van der Waals surface area contributed by atoms with Crippen molar-refractivity contribution < 1.29 is 14.3 Å². The van der Waals surface area contributed by atoms with Crippen LogP contribution in [0.15, 0.2) is 24.3 Å². The summed E-state index contributed by atoms with van der Waals surface area (Å²) in [5, 5.41) is 3.55. The summed E-state index contributed by atoms with van der Waals surface area (Å²) in [6, 6.07) is 8.27. The Morgan fingerprint density at radius 3 is 2.88 bits per heavy atom. The first-order valence-electron chi connectivity index (χ1n) is 8.88. The lowest BCUT2D eigenvalue weighted by atomic mass is 9.99. The number of para-hydroxylation sites is 1. The summed E-state index contributed by atoms with van der Waals surface area (Å²) in [6.45, 7) is 1.84. The minimum Gasteiger partial charge on any atom is -0.489 e. The summed E-state index contributed by atoms with van der Waals surface area (Å²) in [5.41, 5.74) is 1.31. The molecule has 0 radical (unpaired) electrons. The van der Waals surface area contributed by atoms with Gasteiger partial charge in [0.25, 0.3) is 0 Å². The van der Waals surface area contributed by atoms with Crippen molar-refractivity contribution in [3.8, 4) is 5.75 Å². The summed E-state index contributed by atoms with van der Waals surface area (Å²) < 4.78 is 6.01. The average molecular weight is 347 g/mol. The Hall–Kier alpha value is -1.33. The molecule has 1 aromatic carbocycles.